The average Bonchev–Trinajstić information content (AvgIpc) is 2.74. The first-order valence-corrected chi connectivity index (χ1v) is 10.1. The Kier molecular flexibility index (Phi) is 5.41. The van der Waals surface area contributed by atoms with E-state index in [0.29, 0.717) is 0 Å². The number of hydrazone groups is 1. The predicted molar refractivity (Wildman–Crippen MR) is 96.0 cm³/mol. The fourth-order valence-corrected chi connectivity index (χ4v) is 5.74. The highest BCUT2D eigenvalue weighted by Gasteiger charge is 2.45. The molecule has 130 valence electrons. The summed E-state index contributed by atoms with van der Waals surface area (Å²) >= 11 is 4.30. The van der Waals surface area contributed by atoms with Gasteiger partial charge in [0.05, 0.1) is 10.6 Å². The molecule has 1 aliphatic heterocycles. The van der Waals surface area contributed by atoms with Gasteiger partial charge < -0.3 is 5.32 Å². The number of amidine groups is 1. The summed E-state index contributed by atoms with van der Waals surface area (Å²) in [6.45, 7) is 4.22. The SMILES string of the molecule is CC(=O)NC1=NN(C(C)=O)[C@@](C)(CS(=O)(=O)c2ccc(Br)cc2)S1. The van der Waals surface area contributed by atoms with E-state index in [1.165, 1.54) is 26.0 Å². The highest BCUT2D eigenvalue weighted by atomic mass is 79.9. The van der Waals surface area contributed by atoms with Crippen molar-refractivity contribution in [3.63, 3.8) is 0 Å². The molecule has 24 heavy (non-hydrogen) atoms. The van der Waals surface area contributed by atoms with E-state index in [4.69, 9.17) is 0 Å². The predicted octanol–water partition coefficient (Wildman–Crippen LogP) is 1.94. The third-order valence-corrected chi connectivity index (χ3v) is 6.95. The van der Waals surface area contributed by atoms with Gasteiger partial charge in [0.2, 0.25) is 11.8 Å². The van der Waals surface area contributed by atoms with E-state index in [-0.39, 0.29) is 21.7 Å². The Morgan fingerprint density at radius 3 is 2.38 bits per heavy atom. The van der Waals surface area contributed by atoms with Gasteiger partial charge in [0.15, 0.2) is 15.0 Å². The maximum Gasteiger partial charge on any atom is 0.240 e. The Balaban J connectivity index is 2.30. The number of nitrogens with zero attached hydrogens (tertiary/aromatic N) is 2. The van der Waals surface area contributed by atoms with E-state index in [2.05, 4.69) is 26.3 Å². The summed E-state index contributed by atoms with van der Waals surface area (Å²) in [6, 6.07) is 6.27. The lowest BCUT2D eigenvalue weighted by molar-refractivity contribution is -0.131. The fourth-order valence-electron chi connectivity index (χ4n) is 2.24. The first kappa shape index (κ1) is 18.9. The first-order valence-electron chi connectivity index (χ1n) is 6.88. The normalized spacial score (nSPS) is 20.7. The molecule has 0 unspecified atom stereocenters. The summed E-state index contributed by atoms with van der Waals surface area (Å²) in [5.74, 6) is -1.08. The zero-order valence-electron chi connectivity index (χ0n) is 13.2. The molecule has 0 radical (unpaired) electrons. The standard InChI is InChI=1S/C14H16BrN3O4S2/c1-9(19)16-13-17-18(10(2)20)14(3,23-13)8-24(21,22)12-6-4-11(15)5-7-12/h4-7H,8H2,1-3H3,(H,16,17,19)/t14-/m1/s1. The molecule has 1 aromatic carbocycles. The summed E-state index contributed by atoms with van der Waals surface area (Å²) in [5, 5.41) is 7.82. The molecule has 0 spiro atoms. The third-order valence-electron chi connectivity index (χ3n) is 3.17. The maximum absolute atomic E-state index is 12.7. The van der Waals surface area contributed by atoms with Gasteiger partial charge >= 0.3 is 0 Å². The second kappa shape index (κ2) is 6.85. The average molecular weight is 434 g/mol. The number of carbonyl (C=O) groups excluding carboxylic acids is 2. The van der Waals surface area contributed by atoms with Crippen molar-refractivity contribution in [2.75, 3.05) is 5.75 Å². The molecule has 1 aromatic rings. The van der Waals surface area contributed by atoms with Crippen LogP contribution >= 0.6 is 27.7 Å². The van der Waals surface area contributed by atoms with Gasteiger partial charge in [-0.25, -0.2) is 13.4 Å². The first-order chi connectivity index (χ1) is 11.0. The van der Waals surface area contributed by atoms with Crippen LogP contribution in [0.25, 0.3) is 0 Å². The van der Waals surface area contributed by atoms with E-state index in [0.717, 1.165) is 21.2 Å². The van der Waals surface area contributed by atoms with Crippen molar-refractivity contribution >= 4 is 54.5 Å². The minimum absolute atomic E-state index is 0.156. The van der Waals surface area contributed by atoms with Gasteiger partial charge in [-0.05, 0) is 31.2 Å². The molecule has 0 saturated carbocycles. The summed E-state index contributed by atoms with van der Waals surface area (Å²) in [7, 11) is -3.66. The minimum atomic E-state index is -3.66. The lowest BCUT2D eigenvalue weighted by Gasteiger charge is -2.30. The molecule has 2 rings (SSSR count). The lowest BCUT2D eigenvalue weighted by Crippen LogP contribution is -2.45. The molecule has 1 aliphatic rings. The van der Waals surface area contributed by atoms with E-state index in [1.807, 2.05) is 0 Å². The number of benzene rings is 1. The Morgan fingerprint density at radius 1 is 1.29 bits per heavy atom. The highest BCUT2D eigenvalue weighted by molar-refractivity contribution is 9.10. The van der Waals surface area contributed by atoms with Crippen LogP contribution < -0.4 is 5.32 Å². The number of nitrogens with one attached hydrogen (secondary N) is 1. The van der Waals surface area contributed by atoms with Crippen molar-refractivity contribution in [3.05, 3.63) is 28.7 Å². The van der Waals surface area contributed by atoms with Crippen molar-refractivity contribution in [2.45, 2.75) is 30.5 Å². The fraction of sp³-hybridized carbons (Fsp3) is 0.357. The Labute approximate surface area is 152 Å². The van der Waals surface area contributed by atoms with Gasteiger partial charge in [-0.1, -0.05) is 27.7 Å². The lowest BCUT2D eigenvalue weighted by atomic mass is 10.3. The van der Waals surface area contributed by atoms with E-state index >= 15 is 0 Å². The molecular weight excluding hydrogens is 418 g/mol. The Morgan fingerprint density at radius 2 is 1.88 bits per heavy atom. The van der Waals surface area contributed by atoms with Crippen molar-refractivity contribution < 1.29 is 18.0 Å². The number of carbonyl (C=O) groups is 2. The number of halogens is 1. The van der Waals surface area contributed by atoms with Crippen molar-refractivity contribution in [3.8, 4) is 0 Å². The molecule has 1 heterocycles. The molecule has 0 aromatic heterocycles. The van der Waals surface area contributed by atoms with Crippen molar-refractivity contribution in [2.24, 2.45) is 5.10 Å². The van der Waals surface area contributed by atoms with Gasteiger partial charge in [-0.3, -0.25) is 9.59 Å². The number of hydrogen-bond acceptors (Lipinski definition) is 6. The molecule has 2 amide bonds. The second-order valence-corrected chi connectivity index (χ2v) is 9.78. The molecule has 0 fully saturated rings. The van der Waals surface area contributed by atoms with Crippen LogP contribution in [0.5, 0.6) is 0 Å². The van der Waals surface area contributed by atoms with Crippen LogP contribution in [0.2, 0.25) is 0 Å². The number of sulfone groups is 1. The molecule has 1 N–H and O–H groups in total. The second-order valence-electron chi connectivity index (χ2n) is 5.41. The van der Waals surface area contributed by atoms with Crippen LogP contribution in [0.15, 0.2) is 38.7 Å². The van der Waals surface area contributed by atoms with Crippen LogP contribution in [-0.2, 0) is 19.4 Å². The zero-order chi connectivity index (χ0) is 18.1. The molecule has 10 heteroatoms. The molecule has 7 nitrogen and oxygen atoms in total. The van der Waals surface area contributed by atoms with Gasteiger partial charge in [-0.2, -0.15) is 0 Å². The van der Waals surface area contributed by atoms with Crippen LogP contribution in [0.1, 0.15) is 20.8 Å². The highest BCUT2D eigenvalue weighted by Crippen LogP contribution is 2.38. The maximum atomic E-state index is 12.7. The van der Waals surface area contributed by atoms with Crippen LogP contribution in [0.3, 0.4) is 0 Å². The van der Waals surface area contributed by atoms with Crippen LogP contribution in [-0.4, -0.2) is 41.0 Å². The van der Waals surface area contributed by atoms with E-state index in [1.54, 1.807) is 19.1 Å². The van der Waals surface area contributed by atoms with E-state index < -0.39 is 20.6 Å². The molecule has 0 saturated heterocycles. The third kappa shape index (κ3) is 4.17. The molecular formula is C14H16BrN3O4S2. The number of hydrogen-bond donors (Lipinski definition) is 1. The number of thioether (sulfide) groups is 1. The molecule has 0 bridgehead atoms. The van der Waals surface area contributed by atoms with Gasteiger partial charge in [-0.15, -0.1) is 5.10 Å². The summed E-state index contributed by atoms with van der Waals surface area (Å²) in [5.41, 5.74) is 0. The van der Waals surface area contributed by atoms with Gasteiger partial charge in [0, 0.05) is 18.3 Å². The zero-order valence-corrected chi connectivity index (χ0v) is 16.5. The Bertz CT molecular complexity index is 808. The summed E-state index contributed by atoms with van der Waals surface area (Å²) in [4.78, 5) is 22.1. The van der Waals surface area contributed by atoms with E-state index in [9.17, 15) is 18.0 Å². The molecule has 0 aliphatic carbocycles. The number of amides is 2. The minimum Gasteiger partial charge on any atom is -0.304 e. The number of rotatable bonds is 3. The van der Waals surface area contributed by atoms with Gasteiger partial charge in [0.1, 0.15) is 4.87 Å². The monoisotopic (exact) mass is 433 g/mol. The quantitative estimate of drug-likeness (QED) is 0.785. The van der Waals surface area contributed by atoms with Crippen LogP contribution in [0.4, 0.5) is 0 Å². The summed E-state index contributed by atoms with van der Waals surface area (Å²) in [6.07, 6.45) is 0. The van der Waals surface area contributed by atoms with Crippen molar-refractivity contribution in [1.29, 1.82) is 0 Å². The molecule has 1 atom stereocenters. The Hall–Kier alpha value is -1.39. The smallest absolute Gasteiger partial charge is 0.240 e. The largest absolute Gasteiger partial charge is 0.304 e. The topological polar surface area (TPSA) is 95.9 Å². The van der Waals surface area contributed by atoms with Crippen LogP contribution in [0, 0.1) is 0 Å². The van der Waals surface area contributed by atoms with Gasteiger partial charge in [0.25, 0.3) is 0 Å². The summed E-state index contributed by atoms with van der Waals surface area (Å²) < 4.78 is 26.2. The van der Waals surface area contributed by atoms with Crippen molar-refractivity contribution in [1.82, 2.24) is 10.3 Å².